The molecule has 2 rings (SSSR count). The summed E-state index contributed by atoms with van der Waals surface area (Å²) in [5, 5.41) is 0. The molecule has 2 N–H and O–H groups in total. The number of hydrogen-bond donors (Lipinski definition) is 1. The molecule has 1 aliphatic rings. The normalized spacial score (nSPS) is 17.9. The summed E-state index contributed by atoms with van der Waals surface area (Å²) < 4.78 is 5.29. The van der Waals surface area contributed by atoms with Crippen LogP contribution in [0.1, 0.15) is 12.8 Å². The number of methoxy groups -OCH3 is 1. The Bertz CT molecular complexity index is 321. The first-order valence-electron chi connectivity index (χ1n) is 5.31. The minimum Gasteiger partial charge on any atom is -0.493 e. The van der Waals surface area contributed by atoms with E-state index in [0.717, 1.165) is 37.5 Å². The second-order valence-corrected chi connectivity index (χ2v) is 3.85. The van der Waals surface area contributed by atoms with E-state index in [2.05, 4.69) is 9.88 Å². The maximum atomic E-state index is 5.87. The smallest absolute Gasteiger partial charge is 0.171 e. The molecule has 0 aliphatic carbocycles. The van der Waals surface area contributed by atoms with Gasteiger partial charge in [0.15, 0.2) is 11.6 Å². The fraction of sp³-hybridized carbons (Fsp3) is 0.545. The highest BCUT2D eigenvalue weighted by Gasteiger charge is 2.19. The number of hydrogen-bond acceptors (Lipinski definition) is 4. The van der Waals surface area contributed by atoms with Crippen molar-refractivity contribution in [2.75, 3.05) is 25.1 Å². The molecular weight excluding hydrogens is 190 g/mol. The molecule has 0 amide bonds. The summed E-state index contributed by atoms with van der Waals surface area (Å²) in [4.78, 5) is 6.60. The van der Waals surface area contributed by atoms with Crippen LogP contribution in [0.25, 0.3) is 0 Å². The zero-order chi connectivity index (χ0) is 10.7. The zero-order valence-corrected chi connectivity index (χ0v) is 9.02. The predicted molar refractivity (Wildman–Crippen MR) is 60.2 cm³/mol. The van der Waals surface area contributed by atoms with Gasteiger partial charge in [0.1, 0.15) is 0 Å². The molecule has 0 unspecified atom stereocenters. The van der Waals surface area contributed by atoms with Gasteiger partial charge >= 0.3 is 0 Å². The molecule has 1 fully saturated rings. The van der Waals surface area contributed by atoms with Crippen LogP contribution in [0.15, 0.2) is 18.3 Å². The Balaban J connectivity index is 2.15. The Kier molecular flexibility index (Phi) is 3.06. The summed E-state index contributed by atoms with van der Waals surface area (Å²) in [5.74, 6) is 1.78. The largest absolute Gasteiger partial charge is 0.493 e. The quantitative estimate of drug-likeness (QED) is 0.786. The van der Waals surface area contributed by atoms with E-state index in [1.807, 2.05) is 12.1 Å². The van der Waals surface area contributed by atoms with E-state index in [-0.39, 0.29) is 0 Å². The lowest BCUT2D eigenvalue weighted by Gasteiger charge is -2.31. The summed E-state index contributed by atoms with van der Waals surface area (Å²) >= 11 is 0. The molecule has 0 spiro atoms. The second kappa shape index (κ2) is 4.49. The molecule has 0 aromatic carbocycles. The van der Waals surface area contributed by atoms with Crippen LogP contribution in [0.3, 0.4) is 0 Å². The van der Waals surface area contributed by atoms with Crippen molar-refractivity contribution in [1.29, 1.82) is 0 Å². The Morgan fingerprint density at radius 2 is 2.20 bits per heavy atom. The topological polar surface area (TPSA) is 51.4 Å². The summed E-state index contributed by atoms with van der Waals surface area (Å²) in [6.07, 6.45) is 3.85. The lowest BCUT2D eigenvalue weighted by Crippen LogP contribution is -2.40. The van der Waals surface area contributed by atoms with Gasteiger partial charge in [-0.15, -0.1) is 0 Å². The Morgan fingerprint density at radius 3 is 2.87 bits per heavy atom. The van der Waals surface area contributed by atoms with E-state index in [0.29, 0.717) is 6.04 Å². The maximum absolute atomic E-state index is 5.87. The molecule has 0 atom stereocenters. The molecule has 0 saturated carbocycles. The standard InChI is InChI=1S/C11H17N3O/c1-15-10-3-2-6-13-11(10)14-7-4-9(12)5-8-14/h2-3,6,9H,4-5,7-8,12H2,1H3. The van der Waals surface area contributed by atoms with Crippen molar-refractivity contribution in [1.82, 2.24) is 4.98 Å². The van der Waals surface area contributed by atoms with Crippen LogP contribution in [0.5, 0.6) is 5.75 Å². The molecular formula is C11H17N3O. The first-order chi connectivity index (χ1) is 7.31. The van der Waals surface area contributed by atoms with Gasteiger partial charge < -0.3 is 15.4 Å². The molecule has 2 heterocycles. The van der Waals surface area contributed by atoms with Gasteiger partial charge in [0.05, 0.1) is 7.11 Å². The van der Waals surface area contributed by atoms with Gasteiger partial charge in [-0.05, 0) is 25.0 Å². The van der Waals surface area contributed by atoms with Crippen molar-refractivity contribution in [2.24, 2.45) is 5.73 Å². The summed E-state index contributed by atoms with van der Waals surface area (Å²) in [5.41, 5.74) is 5.87. The van der Waals surface area contributed by atoms with Crippen LogP contribution in [-0.2, 0) is 0 Å². The summed E-state index contributed by atoms with van der Waals surface area (Å²) in [7, 11) is 1.68. The number of aromatic nitrogens is 1. The second-order valence-electron chi connectivity index (χ2n) is 3.85. The van der Waals surface area contributed by atoms with Gasteiger partial charge in [0, 0.05) is 25.3 Å². The Labute approximate surface area is 90.0 Å². The number of rotatable bonds is 2. The van der Waals surface area contributed by atoms with Crippen LogP contribution in [0, 0.1) is 0 Å². The number of anilines is 1. The van der Waals surface area contributed by atoms with Crippen LogP contribution in [0.2, 0.25) is 0 Å². The maximum Gasteiger partial charge on any atom is 0.171 e. The van der Waals surface area contributed by atoms with Crippen LogP contribution < -0.4 is 15.4 Å². The lowest BCUT2D eigenvalue weighted by atomic mass is 10.1. The molecule has 0 bridgehead atoms. The highest BCUT2D eigenvalue weighted by molar-refractivity contribution is 5.52. The highest BCUT2D eigenvalue weighted by Crippen LogP contribution is 2.26. The number of piperidine rings is 1. The Morgan fingerprint density at radius 1 is 1.47 bits per heavy atom. The average Bonchev–Trinajstić information content (AvgIpc) is 2.30. The molecule has 1 aromatic heterocycles. The molecule has 1 aliphatic heterocycles. The van der Waals surface area contributed by atoms with E-state index in [1.54, 1.807) is 13.3 Å². The van der Waals surface area contributed by atoms with E-state index in [1.165, 1.54) is 0 Å². The summed E-state index contributed by atoms with van der Waals surface area (Å²) in [6.45, 7) is 1.93. The van der Waals surface area contributed by atoms with Crippen LogP contribution >= 0.6 is 0 Å². The molecule has 1 saturated heterocycles. The Hall–Kier alpha value is -1.29. The SMILES string of the molecule is COc1cccnc1N1CCC(N)CC1. The van der Waals surface area contributed by atoms with Gasteiger partial charge in [0.2, 0.25) is 0 Å². The van der Waals surface area contributed by atoms with E-state index < -0.39 is 0 Å². The van der Waals surface area contributed by atoms with Gasteiger partial charge in [0.25, 0.3) is 0 Å². The van der Waals surface area contributed by atoms with Crippen molar-refractivity contribution < 1.29 is 4.74 Å². The van der Waals surface area contributed by atoms with Gasteiger partial charge in [-0.2, -0.15) is 0 Å². The first kappa shape index (κ1) is 10.2. The lowest BCUT2D eigenvalue weighted by molar-refractivity contribution is 0.408. The number of nitrogens with two attached hydrogens (primary N) is 1. The van der Waals surface area contributed by atoms with E-state index in [4.69, 9.17) is 10.5 Å². The molecule has 4 heteroatoms. The minimum atomic E-state index is 0.343. The van der Waals surface area contributed by atoms with E-state index in [9.17, 15) is 0 Å². The minimum absolute atomic E-state index is 0.343. The fourth-order valence-corrected chi connectivity index (χ4v) is 1.89. The van der Waals surface area contributed by atoms with Crippen molar-refractivity contribution in [3.05, 3.63) is 18.3 Å². The third-order valence-corrected chi connectivity index (χ3v) is 2.81. The summed E-state index contributed by atoms with van der Waals surface area (Å²) in [6, 6.07) is 4.17. The van der Waals surface area contributed by atoms with Crippen molar-refractivity contribution in [3.63, 3.8) is 0 Å². The molecule has 15 heavy (non-hydrogen) atoms. The van der Waals surface area contributed by atoms with Crippen LogP contribution in [0.4, 0.5) is 5.82 Å². The average molecular weight is 207 g/mol. The van der Waals surface area contributed by atoms with Crippen molar-refractivity contribution >= 4 is 5.82 Å². The number of nitrogens with zero attached hydrogens (tertiary/aromatic N) is 2. The first-order valence-corrected chi connectivity index (χ1v) is 5.31. The monoisotopic (exact) mass is 207 g/mol. The molecule has 4 nitrogen and oxygen atoms in total. The number of ether oxygens (including phenoxy) is 1. The zero-order valence-electron chi connectivity index (χ0n) is 9.02. The van der Waals surface area contributed by atoms with E-state index >= 15 is 0 Å². The number of pyridine rings is 1. The molecule has 1 aromatic rings. The third kappa shape index (κ3) is 2.21. The molecule has 0 radical (unpaired) electrons. The van der Waals surface area contributed by atoms with Gasteiger partial charge in [-0.3, -0.25) is 0 Å². The third-order valence-electron chi connectivity index (χ3n) is 2.81. The molecule has 82 valence electrons. The van der Waals surface area contributed by atoms with Gasteiger partial charge in [-0.25, -0.2) is 4.98 Å². The predicted octanol–water partition coefficient (Wildman–Crippen LogP) is 1.02. The van der Waals surface area contributed by atoms with Crippen molar-refractivity contribution in [3.8, 4) is 5.75 Å². The van der Waals surface area contributed by atoms with Crippen LogP contribution in [-0.4, -0.2) is 31.2 Å². The fourth-order valence-electron chi connectivity index (χ4n) is 1.89. The highest BCUT2D eigenvalue weighted by atomic mass is 16.5. The van der Waals surface area contributed by atoms with Crippen molar-refractivity contribution in [2.45, 2.75) is 18.9 Å². The van der Waals surface area contributed by atoms with Gasteiger partial charge in [-0.1, -0.05) is 0 Å².